The topological polar surface area (TPSA) is 74.8 Å². The van der Waals surface area contributed by atoms with Crippen LogP contribution in [-0.4, -0.2) is 66.0 Å². The Labute approximate surface area is 213 Å². The standard InChI is InChI=1S/C29H34N4O3/c34-28(22-27(25-8-3-1-4-9-25)31-29(35)26-10-5-2-6-11-26)33(23-24-12-14-30-15-13-24)17-7-16-32-18-20-36-21-19-32/h1-6,8-15,27H,7,16-23H2,(H,31,35). The van der Waals surface area contributed by atoms with Gasteiger partial charge in [0.05, 0.1) is 25.7 Å². The monoisotopic (exact) mass is 486 g/mol. The summed E-state index contributed by atoms with van der Waals surface area (Å²) in [5, 5.41) is 3.09. The van der Waals surface area contributed by atoms with E-state index in [0.29, 0.717) is 18.7 Å². The molecule has 1 unspecified atom stereocenters. The van der Waals surface area contributed by atoms with E-state index in [9.17, 15) is 9.59 Å². The zero-order chi connectivity index (χ0) is 25.0. The zero-order valence-corrected chi connectivity index (χ0v) is 20.6. The van der Waals surface area contributed by atoms with Crippen LogP contribution >= 0.6 is 0 Å². The summed E-state index contributed by atoms with van der Waals surface area (Å²) >= 11 is 0. The van der Waals surface area contributed by atoms with Gasteiger partial charge in [0.2, 0.25) is 5.91 Å². The normalized spacial score (nSPS) is 14.7. The van der Waals surface area contributed by atoms with Crippen LogP contribution in [0.25, 0.3) is 0 Å². The van der Waals surface area contributed by atoms with Crippen molar-refractivity contribution < 1.29 is 14.3 Å². The molecule has 7 heteroatoms. The van der Waals surface area contributed by atoms with Gasteiger partial charge in [0.1, 0.15) is 0 Å². The van der Waals surface area contributed by atoms with Crippen LogP contribution in [0, 0.1) is 0 Å². The Morgan fingerprint density at radius 3 is 2.31 bits per heavy atom. The Hall–Kier alpha value is -3.55. The molecule has 0 radical (unpaired) electrons. The summed E-state index contributed by atoms with van der Waals surface area (Å²) < 4.78 is 5.45. The summed E-state index contributed by atoms with van der Waals surface area (Å²) in [6.07, 6.45) is 4.56. The first-order valence-corrected chi connectivity index (χ1v) is 12.6. The predicted molar refractivity (Wildman–Crippen MR) is 139 cm³/mol. The number of pyridine rings is 1. The van der Waals surface area contributed by atoms with Crippen molar-refractivity contribution in [2.24, 2.45) is 0 Å². The lowest BCUT2D eigenvalue weighted by molar-refractivity contribution is -0.132. The van der Waals surface area contributed by atoms with Crippen molar-refractivity contribution in [2.75, 3.05) is 39.4 Å². The smallest absolute Gasteiger partial charge is 0.251 e. The summed E-state index contributed by atoms with van der Waals surface area (Å²) in [7, 11) is 0. The van der Waals surface area contributed by atoms with Gasteiger partial charge in [0.25, 0.3) is 5.91 Å². The van der Waals surface area contributed by atoms with Crippen molar-refractivity contribution in [2.45, 2.75) is 25.4 Å². The Kier molecular flexibility index (Phi) is 9.59. The van der Waals surface area contributed by atoms with Gasteiger partial charge in [-0.1, -0.05) is 48.5 Å². The summed E-state index contributed by atoms with van der Waals surface area (Å²) in [5.41, 5.74) is 2.52. The van der Waals surface area contributed by atoms with Crippen LogP contribution in [0.2, 0.25) is 0 Å². The average molecular weight is 487 g/mol. The number of hydrogen-bond acceptors (Lipinski definition) is 5. The number of carbonyl (C=O) groups excluding carboxylic acids is 2. The molecular formula is C29H34N4O3. The van der Waals surface area contributed by atoms with Gasteiger partial charge in [-0.2, -0.15) is 0 Å². The molecule has 3 aromatic rings. The molecule has 0 spiro atoms. The second-order valence-corrected chi connectivity index (χ2v) is 8.99. The van der Waals surface area contributed by atoms with Crippen LogP contribution < -0.4 is 5.32 Å². The number of aromatic nitrogens is 1. The molecule has 2 heterocycles. The quantitative estimate of drug-likeness (QED) is 0.447. The number of benzene rings is 2. The molecule has 1 saturated heterocycles. The maximum absolute atomic E-state index is 13.7. The maximum Gasteiger partial charge on any atom is 0.251 e. The number of morpholine rings is 1. The van der Waals surface area contributed by atoms with E-state index in [1.54, 1.807) is 24.5 Å². The van der Waals surface area contributed by atoms with Gasteiger partial charge in [-0.15, -0.1) is 0 Å². The van der Waals surface area contributed by atoms with E-state index in [4.69, 9.17) is 4.74 Å². The highest BCUT2D eigenvalue weighted by Crippen LogP contribution is 2.20. The minimum Gasteiger partial charge on any atom is -0.379 e. The van der Waals surface area contributed by atoms with E-state index in [2.05, 4.69) is 15.2 Å². The third kappa shape index (κ3) is 7.73. The number of nitrogens with one attached hydrogen (secondary N) is 1. The van der Waals surface area contributed by atoms with E-state index >= 15 is 0 Å². The van der Waals surface area contributed by atoms with Gasteiger partial charge in [-0.05, 0) is 41.8 Å². The zero-order valence-electron chi connectivity index (χ0n) is 20.6. The highest BCUT2D eigenvalue weighted by atomic mass is 16.5. The first kappa shape index (κ1) is 25.5. The number of hydrogen-bond donors (Lipinski definition) is 1. The number of amides is 2. The molecular weight excluding hydrogens is 452 g/mol. The minimum atomic E-state index is -0.425. The summed E-state index contributed by atoms with van der Waals surface area (Å²) in [6.45, 7) is 5.47. The van der Waals surface area contributed by atoms with Crippen LogP contribution in [0.1, 0.15) is 40.4 Å². The number of rotatable bonds is 11. The lowest BCUT2D eigenvalue weighted by atomic mass is 10.0. The van der Waals surface area contributed by atoms with Gasteiger partial charge in [-0.3, -0.25) is 19.5 Å². The molecule has 188 valence electrons. The maximum atomic E-state index is 13.7. The van der Waals surface area contributed by atoms with Crippen LogP contribution in [0.5, 0.6) is 0 Å². The first-order chi connectivity index (χ1) is 17.7. The largest absolute Gasteiger partial charge is 0.379 e. The Morgan fingerprint density at radius 2 is 1.61 bits per heavy atom. The van der Waals surface area contributed by atoms with Crippen molar-refractivity contribution in [3.05, 3.63) is 102 Å². The number of ether oxygens (including phenoxy) is 1. The fourth-order valence-electron chi connectivity index (χ4n) is 4.38. The lowest BCUT2D eigenvalue weighted by Gasteiger charge is -2.29. The van der Waals surface area contributed by atoms with Gasteiger partial charge in [-0.25, -0.2) is 0 Å². The third-order valence-corrected chi connectivity index (χ3v) is 6.40. The van der Waals surface area contributed by atoms with Crippen LogP contribution in [-0.2, 0) is 16.1 Å². The minimum absolute atomic E-state index is 0.0102. The molecule has 1 atom stereocenters. The molecule has 1 aliphatic rings. The van der Waals surface area contributed by atoms with E-state index in [1.165, 1.54) is 0 Å². The molecule has 1 aromatic heterocycles. The molecule has 1 aliphatic heterocycles. The molecule has 7 nitrogen and oxygen atoms in total. The fourth-order valence-corrected chi connectivity index (χ4v) is 4.38. The Balaban J connectivity index is 1.46. The van der Waals surface area contributed by atoms with Gasteiger partial charge in [0.15, 0.2) is 0 Å². The molecule has 1 N–H and O–H groups in total. The fraction of sp³-hybridized carbons (Fsp3) is 0.345. The van der Waals surface area contributed by atoms with Crippen LogP contribution in [0.15, 0.2) is 85.2 Å². The second-order valence-electron chi connectivity index (χ2n) is 8.99. The van der Waals surface area contributed by atoms with Gasteiger partial charge in [0, 0.05) is 50.7 Å². The third-order valence-electron chi connectivity index (χ3n) is 6.40. The van der Waals surface area contributed by atoms with Gasteiger partial charge >= 0.3 is 0 Å². The molecule has 0 bridgehead atoms. The molecule has 2 aromatic carbocycles. The Morgan fingerprint density at radius 1 is 0.944 bits per heavy atom. The molecule has 2 amide bonds. The molecule has 0 saturated carbocycles. The van der Waals surface area contributed by atoms with Crippen molar-refractivity contribution >= 4 is 11.8 Å². The van der Waals surface area contributed by atoms with Crippen molar-refractivity contribution in [3.63, 3.8) is 0 Å². The molecule has 36 heavy (non-hydrogen) atoms. The summed E-state index contributed by atoms with van der Waals surface area (Å²) in [5.74, 6) is -0.179. The molecule has 1 fully saturated rings. The molecule has 4 rings (SSSR count). The van der Waals surface area contributed by atoms with Crippen molar-refractivity contribution in [1.82, 2.24) is 20.1 Å². The number of nitrogens with zero attached hydrogens (tertiary/aromatic N) is 3. The summed E-state index contributed by atoms with van der Waals surface area (Å²) in [6, 6.07) is 22.3. The highest BCUT2D eigenvalue weighted by Gasteiger charge is 2.23. The van der Waals surface area contributed by atoms with Crippen LogP contribution in [0.3, 0.4) is 0 Å². The SMILES string of the molecule is O=C(NC(CC(=O)N(CCCN1CCOCC1)Cc1ccncc1)c1ccccc1)c1ccccc1. The van der Waals surface area contributed by atoms with E-state index < -0.39 is 6.04 Å². The molecule has 0 aliphatic carbocycles. The first-order valence-electron chi connectivity index (χ1n) is 12.6. The van der Waals surface area contributed by atoms with E-state index in [0.717, 1.165) is 50.4 Å². The Bertz CT molecular complexity index is 1070. The van der Waals surface area contributed by atoms with Crippen molar-refractivity contribution in [1.29, 1.82) is 0 Å². The number of carbonyl (C=O) groups is 2. The van der Waals surface area contributed by atoms with E-state index in [-0.39, 0.29) is 18.2 Å². The second kappa shape index (κ2) is 13.5. The lowest BCUT2D eigenvalue weighted by Crippen LogP contribution is -2.40. The van der Waals surface area contributed by atoms with Crippen molar-refractivity contribution in [3.8, 4) is 0 Å². The van der Waals surface area contributed by atoms with E-state index in [1.807, 2.05) is 65.6 Å². The average Bonchev–Trinajstić information content (AvgIpc) is 2.94. The highest BCUT2D eigenvalue weighted by molar-refractivity contribution is 5.94. The van der Waals surface area contributed by atoms with Crippen LogP contribution in [0.4, 0.5) is 0 Å². The van der Waals surface area contributed by atoms with Gasteiger partial charge < -0.3 is 15.0 Å². The summed E-state index contributed by atoms with van der Waals surface area (Å²) in [4.78, 5) is 35.0. The predicted octanol–water partition coefficient (Wildman–Crippen LogP) is 3.69.